The number of benzene rings is 1. The van der Waals surface area contributed by atoms with E-state index in [9.17, 15) is 29.1 Å². The summed E-state index contributed by atoms with van der Waals surface area (Å²) in [6.07, 6.45) is 0.908. The zero-order chi connectivity index (χ0) is 34.0. The first-order chi connectivity index (χ1) is 23.2. The van der Waals surface area contributed by atoms with E-state index in [1.807, 2.05) is 4.90 Å². The molecule has 0 spiro atoms. The van der Waals surface area contributed by atoms with Crippen LogP contribution in [-0.2, 0) is 23.9 Å². The van der Waals surface area contributed by atoms with Crippen LogP contribution < -0.4 is 10.1 Å². The number of hydrogen-bond donors (Lipinski definition) is 2. The van der Waals surface area contributed by atoms with Gasteiger partial charge in [-0.15, -0.1) is 0 Å². The van der Waals surface area contributed by atoms with Gasteiger partial charge in [-0.05, 0) is 38.3 Å². The van der Waals surface area contributed by atoms with Gasteiger partial charge in [-0.25, -0.2) is 9.78 Å². The first-order valence-electron chi connectivity index (χ1n) is 16.6. The number of nitrogens with zero attached hydrogens (tertiary/aromatic N) is 5. The van der Waals surface area contributed by atoms with E-state index in [1.54, 1.807) is 31.2 Å². The quantitative estimate of drug-likeness (QED) is 0.333. The van der Waals surface area contributed by atoms with Gasteiger partial charge < -0.3 is 39.3 Å². The second-order valence-corrected chi connectivity index (χ2v) is 12.1. The molecule has 3 aliphatic heterocycles. The third kappa shape index (κ3) is 8.89. The minimum Gasteiger partial charge on any atom is -0.483 e. The van der Waals surface area contributed by atoms with E-state index in [0.717, 1.165) is 32.5 Å². The number of piperazine rings is 1. The molecule has 1 aromatic heterocycles. The number of fused-ring (bicyclic) bond motifs is 1. The molecule has 3 aliphatic rings. The number of hydrogen-bond acceptors (Lipinski definition) is 10. The SMILES string of the molecule is CCOC(=O)N1CCN(C(=O)[C@H](CCC(=O)O)NC(=O)c2cc(OCC(=O)N3CCCC3CN3CCOCC3)c3ccccc3n2)CC1. The van der Waals surface area contributed by atoms with Crippen molar-refractivity contribution in [2.24, 2.45) is 0 Å². The number of para-hydroxylation sites is 1. The lowest BCUT2D eigenvalue weighted by molar-refractivity contribution is -0.138. The molecule has 2 N–H and O–H groups in total. The molecule has 2 aromatic rings. The van der Waals surface area contributed by atoms with Crippen LogP contribution in [0.3, 0.4) is 0 Å². The molecule has 48 heavy (non-hydrogen) atoms. The van der Waals surface area contributed by atoms with E-state index >= 15 is 0 Å². The number of carbonyl (C=O) groups is 5. The fourth-order valence-corrected chi connectivity index (χ4v) is 6.34. The number of nitrogens with one attached hydrogen (secondary N) is 1. The van der Waals surface area contributed by atoms with Gasteiger partial charge >= 0.3 is 12.1 Å². The summed E-state index contributed by atoms with van der Waals surface area (Å²) in [4.78, 5) is 75.6. The molecule has 0 radical (unpaired) electrons. The molecule has 1 unspecified atom stereocenters. The maximum Gasteiger partial charge on any atom is 0.409 e. The number of carbonyl (C=O) groups excluding carboxylic acids is 4. The zero-order valence-electron chi connectivity index (χ0n) is 27.3. The van der Waals surface area contributed by atoms with Gasteiger partial charge in [0.15, 0.2) is 6.61 Å². The van der Waals surface area contributed by atoms with Gasteiger partial charge in [0.25, 0.3) is 11.8 Å². The highest BCUT2D eigenvalue weighted by molar-refractivity contribution is 5.99. The van der Waals surface area contributed by atoms with Gasteiger partial charge in [0.1, 0.15) is 17.5 Å². The lowest BCUT2D eigenvalue weighted by atomic mass is 10.1. The van der Waals surface area contributed by atoms with E-state index in [1.165, 1.54) is 15.9 Å². The van der Waals surface area contributed by atoms with Crippen molar-refractivity contribution in [1.29, 1.82) is 0 Å². The summed E-state index contributed by atoms with van der Waals surface area (Å²) in [6, 6.07) is 7.48. The van der Waals surface area contributed by atoms with Crippen molar-refractivity contribution in [3.63, 3.8) is 0 Å². The normalized spacial score (nSPS) is 19.2. The van der Waals surface area contributed by atoms with E-state index in [2.05, 4.69) is 15.2 Å². The van der Waals surface area contributed by atoms with Gasteiger partial charge in [0.2, 0.25) is 5.91 Å². The predicted octanol–water partition coefficient (Wildman–Crippen LogP) is 1.20. The lowest BCUT2D eigenvalue weighted by Crippen LogP contribution is -2.56. The number of ether oxygens (including phenoxy) is 3. The summed E-state index contributed by atoms with van der Waals surface area (Å²) in [5.74, 6) is -2.08. The Hall–Kier alpha value is -4.50. The Kier molecular flexibility index (Phi) is 12.0. The van der Waals surface area contributed by atoms with Gasteiger partial charge in [-0.1, -0.05) is 12.1 Å². The summed E-state index contributed by atoms with van der Waals surface area (Å²) in [5, 5.41) is 12.6. The highest BCUT2D eigenvalue weighted by Crippen LogP contribution is 2.27. The van der Waals surface area contributed by atoms with Crippen molar-refractivity contribution in [2.75, 3.05) is 78.8 Å². The van der Waals surface area contributed by atoms with Crippen molar-refractivity contribution in [3.05, 3.63) is 36.0 Å². The van der Waals surface area contributed by atoms with Crippen LogP contribution in [-0.4, -0.2) is 150 Å². The molecule has 4 heterocycles. The Morgan fingerprint density at radius 1 is 1.02 bits per heavy atom. The molecular weight excluding hydrogens is 624 g/mol. The number of aromatic nitrogens is 1. The third-order valence-electron chi connectivity index (χ3n) is 8.90. The smallest absolute Gasteiger partial charge is 0.409 e. The highest BCUT2D eigenvalue weighted by Gasteiger charge is 2.33. The van der Waals surface area contributed by atoms with Crippen molar-refractivity contribution >= 4 is 40.7 Å². The van der Waals surface area contributed by atoms with Crippen LogP contribution in [0.4, 0.5) is 4.79 Å². The highest BCUT2D eigenvalue weighted by atomic mass is 16.6. The number of carboxylic acid groups (broad SMARTS) is 1. The predicted molar refractivity (Wildman–Crippen MR) is 173 cm³/mol. The number of rotatable bonds is 12. The van der Waals surface area contributed by atoms with Gasteiger partial charge in [0.05, 0.1) is 25.3 Å². The molecule has 0 saturated carbocycles. The maximum atomic E-state index is 13.6. The van der Waals surface area contributed by atoms with Crippen molar-refractivity contribution in [2.45, 2.75) is 44.7 Å². The topological polar surface area (TPSA) is 171 Å². The Bertz CT molecular complexity index is 1470. The molecule has 3 fully saturated rings. The fourth-order valence-electron chi connectivity index (χ4n) is 6.34. The lowest BCUT2D eigenvalue weighted by Gasteiger charge is -2.35. The average molecular weight is 669 g/mol. The summed E-state index contributed by atoms with van der Waals surface area (Å²) < 4.78 is 16.5. The molecule has 260 valence electrons. The van der Waals surface area contributed by atoms with Crippen LogP contribution in [0.2, 0.25) is 0 Å². The number of pyridine rings is 1. The van der Waals surface area contributed by atoms with Crippen LogP contribution >= 0.6 is 0 Å². The summed E-state index contributed by atoms with van der Waals surface area (Å²) >= 11 is 0. The van der Waals surface area contributed by atoms with Crippen LogP contribution in [0.5, 0.6) is 5.75 Å². The van der Waals surface area contributed by atoms with Gasteiger partial charge in [0, 0.05) is 76.3 Å². The van der Waals surface area contributed by atoms with E-state index in [-0.39, 0.29) is 69.9 Å². The van der Waals surface area contributed by atoms with Gasteiger partial charge in [-0.3, -0.25) is 24.1 Å². The fraction of sp³-hybridized carbons (Fsp3) is 0.576. The van der Waals surface area contributed by atoms with Crippen LogP contribution in [0.15, 0.2) is 30.3 Å². The van der Waals surface area contributed by atoms with Crippen LogP contribution in [0.25, 0.3) is 10.9 Å². The molecule has 15 nitrogen and oxygen atoms in total. The summed E-state index contributed by atoms with van der Waals surface area (Å²) in [6.45, 7) is 7.18. The van der Waals surface area contributed by atoms with Crippen molar-refractivity contribution in [3.8, 4) is 5.75 Å². The Labute approximate surface area is 279 Å². The molecule has 0 aliphatic carbocycles. The number of amides is 4. The molecule has 1 aromatic carbocycles. The standard InChI is InChI=1S/C33H44N6O9/c1-2-47-33(45)38-14-12-37(13-15-38)32(44)26(9-10-30(41)42)35-31(43)27-20-28(24-7-3-4-8-25(24)34-27)48-22-29(40)39-11-5-6-23(39)21-36-16-18-46-19-17-36/h3-4,7-8,20,23,26H,2,5-6,9-19,21-22H2,1H3,(H,35,43)(H,41,42)/t23?,26-/m0/s1. The van der Waals surface area contributed by atoms with E-state index in [0.29, 0.717) is 36.4 Å². The van der Waals surface area contributed by atoms with Crippen LogP contribution in [0.1, 0.15) is 43.1 Å². The van der Waals surface area contributed by atoms with E-state index < -0.39 is 29.9 Å². The largest absolute Gasteiger partial charge is 0.483 e. The number of likely N-dealkylation sites (tertiary alicyclic amines) is 1. The summed E-state index contributed by atoms with van der Waals surface area (Å²) in [7, 11) is 0. The van der Waals surface area contributed by atoms with Gasteiger partial charge in [-0.2, -0.15) is 0 Å². The zero-order valence-corrected chi connectivity index (χ0v) is 27.3. The summed E-state index contributed by atoms with van der Waals surface area (Å²) in [5.41, 5.74) is 0.422. The second-order valence-electron chi connectivity index (χ2n) is 12.1. The average Bonchev–Trinajstić information content (AvgIpc) is 3.57. The van der Waals surface area contributed by atoms with E-state index in [4.69, 9.17) is 14.2 Å². The first kappa shape index (κ1) is 34.8. The maximum absolute atomic E-state index is 13.6. The molecule has 4 amide bonds. The van der Waals surface area contributed by atoms with Crippen molar-refractivity contribution in [1.82, 2.24) is 29.9 Å². The molecular formula is C33H44N6O9. The third-order valence-corrected chi connectivity index (χ3v) is 8.90. The number of morpholine rings is 1. The number of carboxylic acids is 1. The Balaban J connectivity index is 1.26. The molecule has 3 saturated heterocycles. The molecule has 15 heteroatoms. The molecule has 5 rings (SSSR count). The second kappa shape index (κ2) is 16.6. The van der Waals surface area contributed by atoms with Crippen LogP contribution in [0, 0.1) is 0 Å². The monoisotopic (exact) mass is 668 g/mol. The Morgan fingerprint density at radius 2 is 1.75 bits per heavy atom. The minimum absolute atomic E-state index is 0.0391. The molecule has 2 atom stereocenters. The van der Waals surface area contributed by atoms with Crippen molar-refractivity contribution < 1.29 is 43.3 Å². The minimum atomic E-state index is -1.14. The number of aliphatic carboxylic acids is 1. The Morgan fingerprint density at radius 3 is 2.48 bits per heavy atom. The first-order valence-corrected chi connectivity index (χ1v) is 16.6. The molecule has 0 bridgehead atoms.